The highest BCUT2D eigenvalue weighted by atomic mass is 16.4. The average Bonchev–Trinajstić information content (AvgIpc) is 2.99. The first-order valence-electron chi connectivity index (χ1n) is 13.7. The van der Waals surface area contributed by atoms with E-state index in [9.17, 15) is 39.0 Å². The number of rotatable bonds is 15. The molecule has 3 atom stereocenters. The zero-order valence-electron chi connectivity index (χ0n) is 24.6. The molecule has 1 aromatic heterocycles. The summed E-state index contributed by atoms with van der Waals surface area (Å²) in [6, 6.07) is 8.27. The van der Waals surface area contributed by atoms with Crippen LogP contribution in [-0.4, -0.2) is 85.5 Å². The molecule has 0 aliphatic rings. The normalized spacial score (nSPS) is 12.8. The summed E-state index contributed by atoms with van der Waals surface area (Å²) >= 11 is 0. The molecular formula is C31H33N5O9. The zero-order chi connectivity index (χ0) is 33.4. The minimum absolute atomic E-state index is 0.0863. The molecule has 1 heterocycles. The van der Waals surface area contributed by atoms with Gasteiger partial charge in [0.2, 0.25) is 0 Å². The Kier molecular flexibility index (Phi) is 11.1. The number of aromatic nitrogens is 2. The number of carboxylic acids is 3. The number of anilines is 1. The molecule has 45 heavy (non-hydrogen) atoms. The summed E-state index contributed by atoms with van der Waals surface area (Å²) in [5.41, 5.74) is 7.47. The second-order valence-corrected chi connectivity index (χ2v) is 10.4. The number of amides is 1. The number of ketones is 1. The molecule has 2 aromatic carbocycles. The van der Waals surface area contributed by atoms with Gasteiger partial charge < -0.3 is 35.8 Å². The molecule has 236 valence electrons. The number of carbonyl (C=O) groups excluding carboxylic acids is 2. The van der Waals surface area contributed by atoms with Crippen LogP contribution in [0.4, 0.5) is 5.69 Å². The minimum Gasteiger partial charge on any atom is -0.481 e. The highest BCUT2D eigenvalue weighted by Crippen LogP contribution is 2.22. The predicted molar refractivity (Wildman–Crippen MR) is 163 cm³/mol. The van der Waals surface area contributed by atoms with Gasteiger partial charge in [-0.25, -0.2) is 9.78 Å². The molecule has 0 aliphatic heterocycles. The third kappa shape index (κ3) is 8.52. The molecule has 0 saturated carbocycles. The first kappa shape index (κ1) is 33.9. The SMILES string of the molecule is C#CCN(Cc1ccc2nc(C)[nH]c(=O)c2c1)c1ccc(C(=O)N(C)[C@@H](CC(C(=O)O)C(=O)[C@@H](N)CCC(=O)O)C(=O)O)cc1. The van der Waals surface area contributed by atoms with Crippen molar-refractivity contribution in [3.63, 3.8) is 0 Å². The summed E-state index contributed by atoms with van der Waals surface area (Å²) in [5.74, 6) is -5.00. The molecule has 0 bridgehead atoms. The Balaban J connectivity index is 1.79. The lowest BCUT2D eigenvalue weighted by molar-refractivity contribution is -0.149. The van der Waals surface area contributed by atoms with Crippen molar-refractivity contribution in [2.75, 3.05) is 18.5 Å². The highest BCUT2D eigenvalue weighted by Gasteiger charge is 2.38. The summed E-state index contributed by atoms with van der Waals surface area (Å²) < 4.78 is 0. The van der Waals surface area contributed by atoms with Crippen molar-refractivity contribution >= 4 is 46.2 Å². The molecule has 1 unspecified atom stereocenters. The first-order valence-corrected chi connectivity index (χ1v) is 13.7. The number of carbonyl (C=O) groups is 5. The van der Waals surface area contributed by atoms with Gasteiger partial charge in [0.15, 0.2) is 5.78 Å². The number of terminal acetylenes is 1. The number of nitrogens with one attached hydrogen (secondary N) is 1. The molecule has 6 N–H and O–H groups in total. The topological polar surface area (TPSA) is 224 Å². The van der Waals surface area contributed by atoms with Crippen molar-refractivity contribution in [1.29, 1.82) is 0 Å². The molecular weight excluding hydrogens is 586 g/mol. The maximum atomic E-state index is 13.3. The Bertz CT molecular complexity index is 1710. The van der Waals surface area contributed by atoms with Crippen LogP contribution in [0.25, 0.3) is 10.9 Å². The van der Waals surface area contributed by atoms with Crippen LogP contribution < -0.4 is 16.2 Å². The van der Waals surface area contributed by atoms with Crippen LogP contribution in [-0.2, 0) is 25.7 Å². The number of nitrogens with two attached hydrogens (primary N) is 1. The Morgan fingerprint density at radius 2 is 1.71 bits per heavy atom. The quantitative estimate of drug-likeness (QED) is 0.120. The van der Waals surface area contributed by atoms with E-state index in [2.05, 4.69) is 15.9 Å². The maximum Gasteiger partial charge on any atom is 0.326 e. The Hall–Kier alpha value is -5.55. The smallest absolute Gasteiger partial charge is 0.326 e. The van der Waals surface area contributed by atoms with Gasteiger partial charge in [-0.1, -0.05) is 12.0 Å². The van der Waals surface area contributed by atoms with E-state index in [1.54, 1.807) is 31.2 Å². The number of benzene rings is 2. The van der Waals surface area contributed by atoms with E-state index in [1.807, 2.05) is 11.0 Å². The van der Waals surface area contributed by atoms with Gasteiger partial charge >= 0.3 is 17.9 Å². The number of hydrogen-bond donors (Lipinski definition) is 5. The fourth-order valence-corrected chi connectivity index (χ4v) is 4.80. The third-order valence-electron chi connectivity index (χ3n) is 7.23. The monoisotopic (exact) mass is 619 g/mol. The van der Waals surface area contributed by atoms with Crippen molar-refractivity contribution < 1.29 is 39.3 Å². The first-order chi connectivity index (χ1) is 21.2. The number of carboxylic acid groups (broad SMARTS) is 3. The van der Waals surface area contributed by atoms with Crippen LogP contribution in [0.3, 0.4) is 0 Å². The number of H-pyrrole nitrogens is 1. The van der Waals surface area contributed by atoms with Crippen LogP contribution in [0.15, 0.2) is 47.3 Å². The third-order valence-corrected chi connectivity index (χ3v) is 7.23. The summed E-state index contributed by atoms with van der Waals surface area (Å²) in [6.45, 7) is 2.20. The number of nitrogens with zero attached hydrogens (tertiary/aromatic N) is 3. The minimum atomic E-state index is -1.88. The van der Waals surface area contributed by atoms with Crippen LogP contribution >= 0.6 is 0 Å². The van der Waals surface area contributed by atoms with Gasteiger partial charge in [0.1, 0.15) is 17.8 Å². The van der Waals surface area contributed by atoms with Gasteiger partial charge in [-0.2, -0.15) is 0 Å². The van der Waals surface area contributed by atoms with E-state index in [0.29, 0.717) is 29.0 Å². The van der Waals surface area contributed by atoms with E-state index in [4.69, 9.17) is 17.3 Å². The summed E-state index contributed by atoms with van der Waals surface area (Å²) in [4.78, 5) is 82.7. The van der Waals surface area contributed by atoms with Crippen LogP contribution in [0.1, 0.15) is 41.0 Å². The summed E-state index contributed by atoms with van der Waals surface area (Å²) in [5, 5.41) is 28.7. The molecule has 3 rings (SSSR count). The van der Waals surface area contributed by atoms with Crippen LogP contribution in [0.5, 0.6) is 0 Å². The highest BCUT2D eigenvalue weighted by molar-refractivity contribution is 6.02. The van der Waals surface area contributed by atoms with Crippen molar-refractivity contribution in [2.45, 2.75) is 44.8 Å². The van der Waals surface area contributed by atoms with Crippen molar-refractivity contribution in [2.24, 2.45) is 11.7 Å². The average molecular weight is 620 g/mol. The number of fused-ring (bicyclic) bond motifs is 1. The number of Topliss-reactive ketones (excluding diaryl/α,β-unsaturated/α-hetero) is 1. The molecule has 14 heteroatoms. The molecule has 0 radical (unpaired) electrons. The van der Waals surface area contributed by atoms with Gasteiger partial charge in [0.05, 0.1) is 23.5 Å². The van der Waals surface area contributed by atoms with Gasteiger partial charge in [0, 0.05) is 31.3 Å². The van der Waals surface area contributed by atoms with E-state index < -0.39 is 60.4 Å². The maximum absolute atomic E-state index is 13.3. The van der Waals surface area contributed by atoms with Crippen LogP contribution in [0.2, 0.25) is 0 Å². The molecule has 1 amide bonds. The lowest BCUT2D eigenvalue weighted by atomic mass is 9.89. The second-order valence-electron chi connectivity index (χ2n) is 10.4. The van der Waals surface area contributed by atoms with Gasteiger partial charge in [-0.05, 0) is 61.7 Å². The number of likely N-dealkylation sites (N-methyl/N-ethyl adjacent to an activating group) is 1. The van der Waals surface area contributed by atoms with E-state index >= 15 is 0 Å². The standard InChI is InChI=1S/C31H33N5O9/c1-4-13-36(16-18-5-11-24-21(14-18)28(40)34-17(2)33-24)20-8-6-19(7-9-20)29(41)35(3)25(31(44)45)15-22(30(42)43)27(39)23(32)10-12-26(37)38/h1,5-9,11,14,22-23,25H,10,12-13,15-16,32H2,2-3H3,(H,37,38)(H,42,43)(H,44,45)(H,33,34,40)/t22?,23-,25-/m0/s1. The largest absolute Gasteiger partial charge is 0.481 e. The predicted octanol–water partition coefficient (Wildman–Crippen LogP) is 1.25. The molecule has 3 aromatic rings. The lowest BCUT2D eigenvalue weighted by Gasteiger charge is -2.28. The van der Waals surface area contributed by atoms with Gasteiger partial charge in [0.25, 0.3) is 11.5 Å². The van der Waals surface area contributed by atoms with E-state index in [-0.39, 0.29) is 24.1 Å². The van der Waals surface area contributed by atoms with Crippen LogP contribution in [0, 0.1) is 25.2 Å². The molecule has 0 aliphatic carbocycles. The Labute approximate surface area is 257 Å². The summed E-state index contributed by atoms with van der Waals surface area (Å²) in [7, 11) is 1.17. The zero-order valence-corrected chi connectivity index (χ0v) is 24.6. The van der Waals surface area contributed by atoms with Crippen molar-refractivity contribution in [3.8, 4) is 12.3 Å². The van der Waals surface area contributed by atoms with E-state index in [0.717, 1.165) is 10.5 Å². The fraction of sp³-hybridized carbons (Fsp3) is 0.323. The fourth-order valence-electron chi connectivity index (χ4n) is 4.80. The molecule has 0 saturated heterocycles. The van der Waals surface area contributed by atoms with Crippen molar-refractivity contribution in [3.05, 3.63) is 69.8 Å². The van der Waals surface area contributed by atoms with Gasteiger partial charge in [-0.3, -0.25) is 24.0 Å². The Morgan fingerprint density at radius 1 is 1.04 bits per heavy atom. The lowest BCUT2D eigenvalue weighted by Crippen LogP contribution is -2.47. The van der Waals surface area contributed by atoms with Crippen molar-refractivity contribution in [1.82, 2.24) is 14.9 Å². The number of aryl methyl sites for hydroxylation is 1. The number of aliphatic carboxylic acids is 3. The number of hydrogen-bond acceptors (Lipinski definition) is 9. The second kappa shape index (κ2) is 14.8. The molecule has 0 spiro atoms. The molecule has 14 nitrogen and oxygen atoms in total. The summed E-state index contributed by atoms with van der Waals surface area (Å²) in [6.07, 6.45) is 4.01. The number of aromatic amines is 1. The molecule has 0 fully saturated rings. The Morgan fingerprint density at radius 3 is 2.29 bits per heavy atom. The van der Waals surface area contributed by atoms with E-state index in [1.165, 1.54) is 19.2 Å². The van der Waals surface area contributed by atoms with Gasteiger partial charge in [-0.15, -0.1) is 6.42 Å².